The molecule has 0 heterocycles. The molecule has 2 rings (SSSR count). The molecule has 16 heavy (non-hydrogen) atoms. The third-order valence-corrected chi connectivity index (χ3v) is 3.79. The number of hydrazine groups is 1. The first-order valence-corrected chi connectivity index (χ1v) is 6.28. The maximum Gasteiger partial charge on any atom is 0.0281 e. The van der Waals surface area contributed by atoms with Crippen LogP contribution in [0.2, 0.25) is 0 Å². The van der Waals surface area contributed by atoms with Crippen molar-refractivity contribution in [3.63, 3.8) is 0 Å². The van der Waals surface area contributed by atoms with Crippen molar-refractivity contribution in [1.29, 1.82) is 0 Å². The summed E-state index contributed by atoms with van der Waals surface area (Å²) in [7, 11) is 0. The van der Waals surface area contributed by atoms with Crippen LogP contribution in [0, 0.1) is 11.8 Å². The third-order valence-electron chi connectivity index (χ3n) is 3.79. The van der Waals surface area contributed by atoms with Gasteiger partial charge in [-0.15, -0.1) is 0 Å². The van der Waals surface area contributed by atoms with Gasteiger partial charge in [-0.05, 0) is 42.2 Å². The van der Waals surface area contributed by atoms with Crippen LogP contribution in [0.3, 0.4) is 0 Å². The molecule has 2 nitrogen and oxygen atoms in total. The van der Waals surface area contributed by atoms with E-state index >= 15 is 0 Å². The Bertz CT molecular complexity index is 331. The molecule has 1 fully saturated rings. The summed E-state index contributed by atoms with van der Waals surface area (Å²) < 4.78 is 0. The smallest absolute Gasteiger partial charge is 0.0281 e. The normalized spacial score (nSPS) is 25.4. The van der Waals surface area contributed by atoms with Gasteiger partial charge in [0.15, 0.2) is 0 Å². The van der Waals surface area contributed by atoms with Gasteiger partial charge in [0.25, 0.3) is 0 Å². The minimum absolute atomic E-state index is 0.447. The number of hydrogen-bond donors (Lipinski definition) is 2. The molecule has 0 saturated heterocycles. The van der Waals surface area contributed by atoms with Gasteiger partial charge in [-0.3, -0.25) is 11.3 Å². The fourth-order valence-electron chi connectivity index (χ4n) is 2.41. The van der Waals surface area contributed by atoms with Crippen molar-refractivity contribution >= 4 is 0 Å². The highest BCUT2D eigenvalue weighted by molar-refractivity contribution is 5.23. The lowest BCUT2D eigenvalue weighted by Crippen LogP contribution is -2.38. The first-order chi connectivity index (χ1) is 7.74. The van der Waals surface area contributed by atoms with Crippen LogP contribution in [-0.2, 0) is 12.8 Å². The fourth-order valence-corrected chi connectivity index (χ4v) is 2.41. The van der Waals surface area contributed by atoms with E-state index in [1.807, 2.05) is 0 Å². The molecule has 0 radical (unpaired) electrons. The first kappa shape index (κ1) is 11.6. The van der Waals surface area contributed by atoms with Crippen molar-refractivity contribution in [3.8, 4) is 0 Å². The van der Waals surface area contributed by atoms with Crippen LogP contribution in [0.25, 0.3) is 0 Å². The molecule has 1 aliphatic carbocycles. The van der Waals surface area contributed by atoms with Gasteiger partial charge in [-0.2, -0.15) is 0 Å². The lowest BCUT2D eigenvalue weighted by Gasteiger charge is -2.15. The van der Waals surface area contributed by atoms with E-state index in [-0.39, 0.29) is 0 Å². The predicted molar refractivity (Wildman–Crippen MR) is 67.9 cm³/mol. The van der Waals surface area contributed by atoms with Crippen LogP contribution in [-0.4, -0.2) is 6.04 Å². The summed E-state index contributed by atoms with van der Waals surface area (Å²) in [6.07, 6.45) is 3.48. The highest BCUT2D eigenvalue weighted by Crippen LogP contribution is 2.41. The summed E-state index contributed by atoms with van der Waals surface area (Å²) in [6, 6.07) is 9.35. The fraction of sp³-hybridized carbons (Fsp3) is 0.571. The van der Waals surface area contributed by atoms with Crippen molar-refractivity contribution in [1.82, 2.24) is 5.43 Å². The minimum atomic E-state index is 0.447. The summed E-state index contributed by atoms with van der Waals surface area (Å²) in [4.78, 5) is 0. The van der Waals surface area contributed by atoms with E-state index in [1.54, 1.807) is 0 Å². The van der Waals surface area contributed by atoms with Gasteiger partial charge in [-0.25, -0.2) is 0 Å². The molecule has 0 aromatic heterocycles. The lowest BCUT2D eigenvalue weighted by molar-refractivity contribution is 0.454. The largest absolute Gasteiger partial charge is 0.271 e. The van der Waals surface area contributed by atoms with Crippen LogP contribution >= 0.6 is 0 Å². The third kappa shape index (κ3) is 2.63. The van der Waals surface area contributed by atoms with Crippen LogP contribution in [0.5, 0.6) is 0 Å². The van der Waals surface area contributed by atoms with Gasteiger partial charge in [0.2, 0.25) is 0 Å². The Kier molecular flexibility index (Phi) is 3.62. The Morgan fingerprint density at radius 2 is 1.88 bits per heavy atom. The van der Waals surface area contributed by atoms with Gasteiger partial charge >= 0.3 is 0 Å². The summed E-state index contributed by atoms with van der Waals surface area (Å²) >= 11 is 0. The van der Waals surface area contributed by atoms with Crippen LogP contribution in [0.1, 0.15) is 31.4 Å². The number of benzene rings is 1. The molecule has 3 unspecified atom stereocenters. The molecule has 1 aromatic rings. The summed E-state index contributed by atoms with van der Waals surface area (Å²) in [5.41, 5.74) is 5.76. The zero-order valence-electron chi connectivity index (χ0n) is 10.2. The van der Waals surface area contributed by atoms with E-state index in [4.69, 9.17) is 5.84 Å². The van der Waals surface area contributed by atoms with Crippen molar-refractivity contribution < 1.29 is 0 Å². The van der Waals surface area contributed by atoms with Crippen molar-refractivity contribution in [2.45, 2.75) is 39.2 Å². The Labute approximate surface area is 98.2 Å². The molecular formula is C14H22N2. The number of nitrogens with one attached hydrogen (secondary N) is 1. The molecule has 88 valence electrons. The molecule has 3 atom stereocenters. The van der Waals surface area contributed by atoms with E-state index in [0.717, 1.165) is 24.7 Å². The summed E-state index contributed by atoms with van der Waals surface area (Å²) in [6.45, 7) is 4.49. The molecule has 1 aliphatic rings. The second-order valence-corrected chi connectivity index (χ2v) is 5.02. The number of rotatable bonds is 5. The van der Waals surface area contributed by atoms with Gasteiger partial charge in [0.1, 0.15) is 0 Å². The Hall–Kier alpha value is -0.860. The van der Waals surface area contributed by atoms with E-state index in [0.29, 0.717) is 6.04 Å². The van der Waals surface area contributed by atoms with Gasteiger partial charge in [-0.1, -0.05) is 38.1 Å². The van der Waals surface area contributed by atoms with E-state index < -0.39 is 0 Å². The quantitative estimate of drug-likeness (QED) is 0.588. The van der Waals surface area contributed by atoms with Crippen LogP contribution in [0.15, 0.2) is 24.3 Å². The average molecular weight is 218 g/mol. The Balaban J connectivity index is 1.96. The highest BCUT2D eigenvalue weighted by Gasteiger charge is 2.38. The monoisotopic (exact) mass is 218 g/mol. The molecule has 0 bridgehead atoms. The molecule has 1 aromatic carbocycles. The highest BCUT2D eigenvalue weighted by atomic mass is 15.2. The Morgan fingerprint density at radius 1 is 1.31 bits per heavy atom. The molecular weight excluding hydrogens is 196 g/mol. The first-order valence-electron chi connectivity index (χ1n) is 6.28. The van der Waals surface area contributed by atoms with E-state index in [1.165, 1.54) is 17.5 Å². The second-order valence-electron chi connectivity index (χ2n) is 5.02. The maximum atomic E-state index is 5.63. The minimum Gasteiger partial charge on any atom is -0.271 e. The number of aryl methyl sites for hydroxylation is 1. The zero-order chi connectivity index (χ0) is 11.5. The number of hydrogen-bond acceptors (Lipinski definition) is 2. The van der Waals surface area contributed by atoms with Gasteiger partial charge in [0.05, 0.1) is 0 Å². The molecule has 0 spiro atoms. The lowest BCUT2D eigenvalue weighted by atomic mass is 10.00. The van der Waals surface area contributed by atoms with E-state index in [2.05, 4.69) is 43.5 Å². The predicted octanol–water partition coefficient (Wildman–Crippen LogP) is 2.28. The van der Waals surface area contributed by atoms with Crippen molar-refractivity contribution in [2.24, 2.45) is 17.7 Å². The maximum absolute atomic E-state index is 5.63. The van der Waals surface area contributed by atoms with Gasteiger partial charge < -0.3 is 0 Å². The second kappa shape index (κ2) is 4.98. The molecule has 1 saturated carbocycles. The standard InChI is InChI=1S/C14H22N2/c1-3-11-4-6-12(7-5-11)9-14(16-15)13-8-10(13)2/h4-7,10,13-14,16H,3,8-9,15H2,1-2H3. The zero-order valence-corrected chi connectivity index (χ0v) is 10.2. The molecule has 3 N–H and O–H groups in total. The molecule has 0 aliphatic heterocycles. The molecule has 2 heteroatoms. The van der Waals surface area contributed by atoms with Crippen molar-refractivity contribution in [2.75, 3.05) is 0 Å². The summed E-state index contributed by atoms with van der Waals surface area (Å²) in [5.74, 6) is 7.25. The van der Waals surface area contributed by atoms with Crippen molar-refractivity contribution in [3.05, 3.63) is 35.4 Å². The number of nitrogens with two attached hydrogens (primary N) is 1. The van der Waals surface area contributed by atoms with E-state index in [9.17, 15) is 0 Å². The summed E-state index contributed by atoms with van der Waals surface area (Å²) in [5, 5.41) is 0. The molecule has 0 amide bonds. The Morgan fingerprint density at radius 3 is 2.31 bits per heavy atom. The van der Waals surface area contributed by atoms with Crippen LogP contribution < -0.4 is 11.3 Å². The van der Waals surface area contributed by atoms with Crippen LogP contribution in [0.4, 0.5) is 0 Å². The topological polar surface area (TPSA) is 38.0 Å². The average Bonchev–Trinajstić information content (AvgIpc) is 3.04. The van der Waals surface area contributed by atoms with Gasteiger partial charge in [0, 0.05) is 6.04 Å². The SMILES string of the molecule is CCc1ccc(CC(NN)C2CC2C)cc1.